The van der Waals surface area contributed by atoms with Gasteiger partial charge in [-0.25, -0.2) is 4.98 Å². The fourth-order valence-electron chi connectivity index (χ4n) is 2.26. The second-order valence-corrected chi connectivity index (χ2v) is 6.76. The van der Waals surface area contributed by atoms with E-state index in [4.69, 9.17) is 0 Å². The molecule has 0 saturated carbocycles. The normalized spacial score (nSPS) is 14.8. The summed E-state index contributed by atoms with van der Waals surface area (Å²) in [4.78, 5) is 7.85. The molecular formula is C15H23N3OS. The van der Waals surface area contributed by atoms with Crippen molar-refractivity contribution in [2.24, 2.45) is 0 Å². The van der Waals surface area contributed by atoms with Crippen LogP contribution in [0.2, 0.25) is 0 Å². The Bertz CT molecular complexity index is 522. The van der Waals surface area contributed by atoms with Gasteiger partial charge in [-0.05, 0) is 25.5 Å². The summed E-state index contributed by atoms with van der Waals surface area (Å²) in [6, 6.07) is 8.40. The highest BCUT2D eigenvalue weighted by Gasteiger charge is 2.23. The van der Waals surface area contributed by atoms with Gasteiger partial charge >= 0.3 is 0 Å². The molecule has 0 radical (unpaired) electrons. The number of hydrogen-bond donors (Lipinski definition) is 3. The van der Waals surface area contributed by atoms with Crippen LogP contribution in [-0.4, -0.2) is 39.0 Å². The first kappa shape index (κ1) is 15.4. The van der Waals surface area contributed by atoms with E-state index in [0.29, 0.717) is 6.04 Å². The van der Waals surface area contributed by atoms with Crippen LogP contribution in [0.3, 0.4) is 0 Å². The van der Waals surface area contributed by atoms with Gasteiger partial charge in [-0.15, -0.1) is 0 Å². The quantitative estimate of drug-likeness (QED) is 0.687. The van der Waals surface area contributed by atoms with Gasteiger partial charge in [0.1, 0.15) is 0 Å². The lowest BCUT2D eigenvalue weighted by atomic mass is 9.99. The molecule has 1 unspecified atom stereocenters. The van der Waals surface area contributed by atoms with Gasteiger partial charge in [0.05, 0.1) is 17.6 Å². The summed E-state index contributed by atoms with van der Waals surface area (Å²) < 4.78 is 0. The summed E-state index contributed by atoms with van der Waals surface area (Å²) in [7, 11) is 0. The number of nitrogens with zero attached hydrogens (tertiary/aromatic N) is 1. The van der Waals surface area contributed by atoms with Gasteiger partial charge in [-0.1, -0.05) is 37.7 Å². The fourth-order valence-corrected chi connectivity index (χ4v) is 3.36. The third-order valence-electron chi connectivity index (χ3n) is 3.25. The predicted octanol–water partition coefficient (Wildman–Crippen LogP) is 2.79. The first-order valence-electron chi connectivity index (χ1n) is 6.98. The number of imidazole rings is 1. The van der Waals surface area contributed by atoms with Gasteiger partial charge < -0.3 is 15.4 Å². The minimum Gasteiger partial charge on any atom is -0.394 e. The maximum Gasteiger partial charge on any atom is 0.166 e. The smallest absolute Gasteiger partial charge is 0.166 e. The molecule has 2 aromatic rings. The molecule has 0 fully saturated rings. The highest BCUT2D eigenvalue weighted by atomic mass is 32.2. The number of hydrogen-bond acceptors (Lipinski definition) is 4. The van der Waals surface area contributed by atoms with E-state index >= 15 is 0 Å². The zero-order valence-electron chi connectivity index (χ0n) is 12.3. The number of thioether (sulfide) groups is 1. The standard InChI is InChI=1S/C15H23N3OS/c1-11(2)18-15(3,10-19)8-9-20-14-16-12-6-4-5-7-13(12)17-14/h4-7,11,18-19H,8-10H2,1-3H3,(H,16,17). The lowest BCUT2D eigenvalue weighted by Crippen LogP contribution is -2.49. The zero-order chi connectivity index (χ0) is 14.6. The number of H-pyrrole nitrogens is 1. The number of para-hydroxylation sites is 2. The maximum absolute atomic E-state index is 9.55. The summed E-state index contributed by atoms with van der Waals surface area (Å²) in [5, 5.41) is 13.9. The van der Waals surface area contributed by atoms with Gasteiger partial charge in [-0.3, -0.25) is 0 Å². The van der Waals surface area contributed by atoms with Crippen molar-refractivity contribution in [3.63, 3.8) is 0 Å². The van der Waals surface area contributed by atoms with E-state index in [0.717, 1.165) is 28.4 Å². The Hall–Kier alpha value is -1.04. The zero-order valence-corrected chi connectivity index (χ0v) is 13.1. The molecule has 1 heterocycles. The number of benzene rings is 1. The average molecular weight is 293 g/mol. The van der Waals surface area contributed by atoms with E-state index in [1.807, 2.05) is 24.3 Å². The third-order valence-corrected chi connectivity index (χ3v) is 4.12. The van der Waals surface area contributed by atoms with Gasteiger partial charge in [0, 0.05) is 17.3 Å². The summed E-state index contributed by atoms with van der Waals surface area (Å²) in [6.07, 6.45) is 0.892. The summed E-state index contributed by atoms with van der Waals surface area (Å²) in [5.74, 6) is 0.913. The van der Waals surface area contributed by atoms with Crippen LogP contribution >= 0.6 is 11.8 Å². The molecular weight excluding hydrogens is 270 g/mol. The molecule has 0 spiro atoms. The highest BCUT2D eigenvalue weighted by molar-refractivity contribution is 7.99. The van der Waals surface area contributed by atoms with E-state index < -0.39 is 0 Å². The van der Waals surface area contributed by atoms with Crippen LogP contribution in [0.15, 0.2) is 29.4 Å². The molecule has 1 aromatic carbocycles. The van der Waals surface area contributed by atoms with Crippen LogP contribution in [-0.2, 0) is 0 Å². The summed E-state index contributed by atoms with van der Waals surface area (Å²) in [5.41, 5.74) is 1.84. The van der Waals surface area contributed by atoms with Gasteiger partial charge in [0.2, 0.25) is 0 Å². The predicted molar refractivity (Wildman–Crippen MR) is 85.2 cm³/mol. The first-order valence-corrected chi connectivity index (χ1v) is 7.97. The van der Waals surface area contributed by atoms with Crippen LogP contribution in [0.5, 0.6) is 0 Å². The van der Waals surface area contributed by atoms with Crippen molar-refractivity contribution in [3.8, 4) is 0 Å². The number of nitrogens with one attached hydrogen (secondary N) is 2. The number of aromatic nitrogens is 2. The van der Waals surface area contributed by atoms with Crippen LogP contribution in [0.1, 0.15) is 27.2 Å². The molecule has 3 N–H and O–H groups in total. The summed E-state index contributed by atoms with van der Waals surface area (Å²) >= 11 is 1.70. The van der Waals surface area contributed by atoms with E-state index in [9.17, 15) is 5.11 Å². The van der Waals surface area contributed by atoms with E-state index in [1.54, 1.807) is 11.8 Å². The van der Waals surface area contributed by atoms with Crippen molar-refractivity contribution in [1.82, 2.24) is 15.3 Å². The third kappa shape index (κ3) is 3.98. The Balaban J connectivity index is 1.91. The van der Waals surface area contributed by atoms with Crippen molar-refractivity contribution < 1.29 is 5.11 Å². The molecule has 20 heavy (non-hydrogen) atoms. The number of aliphatic hydroxyl groups is 1. The molecule has 0 aliphatic carbocycles. The summed E-state index contributed by atoms with van der Waals surface area (Å²) in [6.45, 7) is 6.40. The molecule has 1 atom stereocenters. The van der Waals surface area contributed by atoms with Crippen molar-refractivity contribution >= 4 is 22.8 Å². The Morgan fingerprint density at radius 1 is 1.40 bits per heavy atom. The first-order chi connectivity index (χ1) is 9.52. The van der Waals surface area contributed by atoms with Gasteiger partial charge in [0.15, 0.2) is 5.16 Å². The molecule has 0 aliphatic heterocycles. The van der Waals surface area contributed by atoms with Crippen molar-refractivity contribution in [2.75, 3.05) is 12.4 Å². The lowest BCUT2D eigenvalue weighted by Gasteiger charge is -2.30. The minimum absolute atomic E-state index is 0.145. The largest absolute Gasteiger partial charge is 0.394 e. The Kier molecular flexibility index (Phi) is 5.07. The van der Waals surface area contributed by atoms with E-state index in [1.165, 1.54) is 0 Å². The van der Waals surface area contributed by atoms with Crippen molar-refractivity contribution in [2.45, 2.75) is 43.9 Å². The van der Waals surface area contributed by atoms with E-state index in [-0.39, 0.29) is 12.1 Å². The second kappa shape index (κ2) is 6.61. The highest BCUT2D eigenvalue weighted by Crippen LogP contribution is 2.22. The average Bonchev–Trinajstić information content (AvgIpc) is 2.80. The molecule has 1 aromatic heterocycles. The van der Waals surface area contributed by atoms with Crippen molar-refractivity contribution in [1.29, 1.82) is 0 Å². The number of rotatable bonds is 7. The SMILES string of the molecule is CC(C)NC(C)(CO)CCSc1nc2ccccc2[nH]1. The molecule has 110 valence electrons. The van der Waals surface area contributed by atoms with Gasteiger partial charge in [-0.2, -0.15) is 0 Å². The number of aromatic amines is 1. The van der Waals surface area contributed by atoms with Crippen LogP contribution in [0, 0.1) is 0 Å². The number of aliphatic hydroxyl groups excluding tert-OH is 1. The number of fused-ring (bicyclic) bond motifs is 1. The topological polar surface area (TPSA) is 60.9 Å². The lowest BCUT2D eigenvalue weighted by molar-refractivity contribution is 0.162. The molecule has 0 amide bonds. The molecule has 0 bridgehead atoms. The fraction of sp³-hybridized carbons (Fsp3) is 0.533. The minimum atomic E-state index is -0.229. The Labute approximate surface area is 124 Å². The molecule has 0 saturated heterocycles. The Morgan fingerprint density at radius 3 is 2.80 bits per heavy atom. The van der Waals surface area contributed by atoms with Crippen LogP contribution < -0.4 is 5.32 Å². The van der Waals surface area contributed by atoms with Crippen LogP contribution in [0.25, 0.3) is 11.0 Å². The molecule has 5 heteroatoms. The van der Waals surface area contributed by atoms with Crippen LogP contribution in [0.4, 0.5) is 0 Å². The van der Waals surface area contributed by atoms with Gasteiger partial charge in [0.25, 0.3) is 0 Å². The molecule has 0 aliphatic rings. The molecule has 2 rings (SSSR count). The second-order valence-electron chi connectivity index (χ2n) is 5.68. The maximum atomic E-state index is 9.55. The van der Waals surface area contributed by atoms with Crippen molar-refractivity contribution in [3.05, 3.63) is 24.3 Å². The molecule has 4 nitrogen and oxygen atoms in total. The monoisotopic (exact) mass is 293 g/mol. The van der Waals surface area contributed by atoms with E-state index in [2.05, 4.69) is 36.1 Å². The Morgan fingerprint density at radius 2 is 2.15 bits per heavy atom.